The van der Waals surface area contributed by atoms with Gasteiger partial charge in [-0.1, -0.05) is 41.7 Å². The number of furan rings is 1. The van der Waals surface area contributed by atoms with Crippen molar-refractivity contribution < 1.29 is 22.4 Å². The fourth-order valence-corrected chi connectivity index (χ4v) is 5.30. The van der Waals surface area contributed by atoms with E-state index < -0.39 is 11.7 Å². The zero-order valence-corrected chi connectivity index (χ0v) is 19.6. The van der Waals surface area contributed by atoms with Crippen molar-refractivity contribution in [2.75, 3.05) is 6.54 Å². The number of benzene rings is 2. The Bertz CT molecular complexity index is 1470. The van der Waals surface area contributed by atoms with Gasteiger partial charge in [0.15, 0.2) is 5.17 Å². The summed E-state index contributed by atoms with van der Waals surface area (Å²) < 4.78 is 45.9. The Balaban J connectivity index is 1.44. The number of carbonyl (C=O) groups is 1. The first-order valence-electron chi connectivity index (χ1n) is 10.4. The second-order valence-electron chi connectivity index (χ2n) is 7.45. The van der Waals surface area contributed by atoms with Gasteiger partial charge in [0.1, 0.15) is 11.5 Å². The molecule has 5 nitrogen and oxygen atoms in total. The van der Waals surface area contributed by atoms with Crippen molar-refractivity contribution >= 4 is 55.6 Å². The lowest BCUT2D eigenvalue weighted by Crippen LogP contribution is -2.29. The number of rotatable bonds is 5. The lowest BCUT2D eigenvalue weighted by molar-refractivity contribution is -0.137. The van der Waals surface area contributed by atoms with Crippen LogP contribution in [-0.2, 0) is 11.0 Å². The minimum absolute atomic E-state index is 0.264. The molecule has 0 radical (unpaired) electrons. The van der Waals surface area contributed by atoms with Crippen molar-refractivity contribution in [2.45, 2.75) is 6.18 Å². The molecule has 3 heterocycles. The highest BCUT2D eigenvalue weighted by Crippen LogP contribution is 2.37. The van der Waals surface area contributed by atoms with Crippen LogP contribution in [0.15, 0.2) is 87.6 Å². The van der Waals surface area contributed by atoms with Gasteiger partial charge in [-0.3, -0.25) is 9.69 Å². The van der Waals surface area contributed by atoms with Crippen molar-refractivity contribution in [1.29, 1.82) is 0 Å². The van der Waals surface area contributed by atoms with Gasteiger partial charge in [-0.05, 0) is 48.2 Å². The van der Waals surface area contributed by atoms with Crippen LogP contribution in [-0.4, -0.2) is 27.5 Å². The minimum Gasteiger partial charge on any atom is -0.457 e. The predicted molar refractivity (Wildman–Crippen MR) is 133 cm³/mol. The lowest BCUT2D eigenvalue weighted by Gasteiger charge is -2.11. The first-order chi connectivity index (χ1) is 16.8. The van der Waals surface area contributed by atoms with Crippen LogP contribution < -0.4 is 0 Å². The van der Waals surface area contributed by atoms with E-state index in [4.69, 9.17) is 4.42 Å². The maximum Gasteiger partial charge on any atom is 0.416 e. The number of thioether (sulfide) groups is 1. The number of thiazole rings is 1. The summed E-state index contributed by atoms with van der Waals surface area (Å²) >= 11 is 2.60. The molecule has 0 aliphatic carbocycles. The van der Waals surface area contributed by atoms with E-state index in [1.807, 2.05) is 24.3 Å². The molecule has 176 valence electrons. The second kappa shape index (κ2) is 9.20. The fraction of sp³-hybridized carbons (Fsp3) is 0.0800. The van der Waals surface area contributed by atoms with Crippen LogP contribution in [0.5, 0.6) is 0 Å². The smallest absolute Gasteiger partial charge is 0.416 e. The number of nitrogens with zero attached hydrogens (tertiary/aromatic N) is 3. The molecule has 1 saturated heterocycles. The highest BCUT2D eigenvalue weighted by molar-refractivity contribution is 8.18. The summed E-state index contributed by atoms with van der Waals surface area (Å²) in [4.78, 5) is 24.0. The molecule has 0 unspecified atom stereocenters. The van der Waals surface area contributed by atoms with Crippen molar-refractivity contribution in [3.63, 3.8) is 0 Å². The molecule has 35 heavy (non-hydrogen) atoms. The molecular formula is C25H16F3N3O2S2. The molecule has 1 amide bonds. The van der Waals surface area contributed by atoms with Gasteiger partial charge in [0.05, 0.1) is 20.7 Å². The van der Waals surface area contributed by atoms with Crippen LogP contribution in [0.3, 0.4) is 0 Å². The molecule has 1 fully saturated rings. The van der Waals surface area contributed by atoms with Crippen molar-refractivity contribution in [1.82, 2.24) is 9.88 Å². The van der Waals surface area contributed by atoms with Crippen molar-refractivity contribution in [3.05, 3.63) is 89.5 Å². The molecule has 0 N–H and O–H groups in total. The standard InChI is InChI=1S/C25H16F3N3O2S2/c1-2-12-31-22(32)21(35-24(31)30-23-29-18-8-3-4-9-20(18)34-23)14-17-10-11-19(33-17)15-6-5-7-16(13-15)25(26,27)28/h2-11,13-14H,1,12H2. The Kier molecular flexibility index (Phi) is 6.08. The SMILES string of the molecule is C=CCN1C(=O)C(=Cc2ccc(-c3cccc(C(F)(F)F)c3)o2)SC1=Nc1nc2ccccc2s1. The summed E-state index contributed by atoms with van der Waals surface area (Å²) in [6.45, 7) is 3.98. The minimum atomic E-state index is -4.45. The molecule has 5 rings (SSSR count). The number of para-hydroxylation sites is 1. The van der Waals surface area contributed by atoms with Gasteiger partial charge in [0, 0.05) is 18.2 Å². The van der Waals surface area contributed by atoms with E-state index in [2.05, 4.69) is 16.6 Å². The molecule has 2 aromatic heterocycles. The van der Waals surface area contributed by atoms with E-state index in [0.29, 0.717) is 26.5 Å². The number of hydrogen-bond acceptors (Lipinski definition) is 6. The Morgan fingerprint density at radius 3 is 2.71 bits per heavy atom. The van der Waals surface area contributed by atoms with Crippen molar-refractivity contribution in [2.24, 2.45) is 4.99 Å². The van der Waals surface area contributed by atoms with Gasteiger partial charge in [-0.25, -0.2) is 4.98 Å². The van der Waals surface area contributed by atoms with E-state index in [9.17, 15) is 18.0 Å². The molecule has 0 saturated carbocycles. The number of alkyl halides is 3. The van der Waals surface area contributed by atoms with E-state index >= 15 is 0 Å². The van der Waals surface area contributed by atoms with Gasteiger partial charge in [0.2, 0.25) is 5.13 Å². The molecule has 0 spiro atoms. The first-order valence-corrected chi connectivity index (χ1v) is 12.0. The van der Waals surface area contributed by atoms with E-state index in [1.54, 1.807) is 24.3 Å². The highest BCUT2D eigenvalue weighted by atomic mass is 32.2. The largest absolute Gasteiger partial charge is 0.457 e. The molecule has 0 atom stereocenters. The fourth-order valence-electron chi connectivity index (χ4n) is 3.43. The summed E-state index contributed by atoms with van der Waals surface area (Å²) in [6, 6.07) is 15.7. The third kappa shape index (κ3) is 4.80. The average Bonchev–Trinajstić information content (AvgIpc) is 3.53. The van der Waals surface area contributed by atoms with E-state index in [0.717, 1.165) is 22.3 Å². The number of hydrogen-bond donors (Lipinski definition) is 0. The van der Waals surface area contributed by atoms with Crippen LogP contribution in [0, 0.1) is 0 Å². The topological polar surface area (TPSA) is 58.7 Å². The van der Waals surface area contributed by atoms with Crippen LogP contribution in [0.1, 0.15) is 11.3 Å². The number of amidine groups is 1. The summed E-state index contributed by atoms with van der Waals surface area (Å²) in [5, 5.41) is 0.992. The van der Waals surface area contributed by atoms with E-state index in [1.165, 1.54) is 40.1 Å². The number of aliphatic imine (C=N–C) groups is 1. The quantitative estimate of drug-likeness (QED) is 0.207. The molecule has 4 aromatic rings. The molecule has 10 heteroatoms. The monoisotopic (exact) mass is 511 g/mol. The first kappa shape index (κ1) is 23.1. The summed E-state index contributed by atoms with van der Waals surface area (Å²) in [6.07, 6.45) is -1.29. The van der Waals surface area contributed by atoms with Gasteiger partial charge >= 0.3 is 6.18 Å². The number of carbonyl (C=O) groups excluding carboxylic acids is 1. The molecule has 2 aromatic carbocycles. The molecule has 1 aliphatic heterocycles. The molecular weight excluding hydrogens is 495 g/mol. The van der Waals surface area contributed by atoms with Gasteiger partial charge in [-0.15, -0.1) is 6.58 Å². The van der Waals surface area contributed by atoms with Crippen LogP contribution in [0.4, 0.5) is 18.3 Å². The van der Waals surface area contributed by atoms with Crippen LogP contribution in [0.25, 0.3) is 27.6 Å². The molecule has 1 aliphatic rings. The second-order valence-corrected chi connectivity index (χ2v) is 9.47. The number of amides is 1. The van der Waals surface area contributed by atoms with E-state index in [-0.39, 0.29) is 18.2 Å². The third-order valence-corrected chi connectivity index (χ3v) is 6.99. The van der Waals surface area contributed by atoms with Crippen LogP contribution in [0.2, 0.25) is 0 Å². The Hall–Kier alpha value is -3.63. The van der Waals surface area contributed by atoms with Gasteiger partial charge in [0.25, 0.3) is 5.91 Å². The van der Waals surface area contributed by atoms with Crippen LogP contribution >= 0.6 is 23.1 Å². The summed E-state index contributed by atoms with van der Waals surface area (Å²) in [5.74, 6) is 0.338. The maximum absolute atomic E-state index is 13.0. The Morgan fingerprint density at radius 1 is 1.11 bits per heavy atom. The number of aromatic nitrogens is 1. The predicted octanol–water partition coefficient (Wildman–Crippen LogP) is 7.37. The third-order valence-electron chi connectivity index (χ3n) is 5.05. The zero-order valence-electron chi connectivity index (χ0n) is 18.0. The Morgan fingerprint density at radius 2 is 1.94 bits per heavy atom. The highest BCUT2D eigenvalue weighted by Gasteiger charge is 2.33. The Labute approximate surface area is 206 Å². The maximum atomic E-state index is 13.0. The summed E-state index contributed by atoms with van der Waals surface area (Å²) in [5.41, 5.74) is 0.361. The van der Waals surface area contributed by atoms with Gasteiger partial charge in [-0.2, -0.15) is 18.2 Å². The normalized spacial score (nSPS) is 16.7. The number of halogens is 3. The van der Waals surface area contributed by atoms with Crippen molar-refractivity contribution in [3.8, 4) is 11.3 Å². The zero-order chi connectivity index (χ0) is 24.6. The molecule has 0 bridgehead atoms. The van der Waals surface area contributed by atoms with Gasteiger partial charge < -0.3 is 4.42 Å². The number of fused-ring (bicyclic) bond motifs is 1. The summed E-state index contributed by atoms with van der Waals surface area (Å²) in [7, 11) is 0. The lowest BCUT2D eigenvalue weighted by atomic mass is 10.1. The average molecular weight is 512 g/mol.